The maximum atomic E-state index is 14.6. The Morgan fingerprint density at radius 1 is 1.28 bits per heavy atom. The Morgan fingerprint density at radius 3 is 2.93 bits per heavy atom. The third-order valence-electron chi connectivity index (χ3n) is 5.09. The lowest BCUT2D eigenvalue weighted by Crippen LogP contribution is -2.54. The van der Waals surface area contributed by atoms with E-state index in [9.17, 15) is 13.7 Å². The van der Waals surface area contributed by atoms with Crippen LogP contribution in [0.3, 0.4) is 0 Å². The van der Waals surface area contributed by atoms with Gasteiger partial charge in [0.1, 0.15) is 0 Å². The van der Waals surface area contributed by atoms with Crippen LogP contribution in [0.4, 0.5) is 20.2 Å². The summed E-state index contributed by atoms with van der Waals surface area (Å²) in [5.41, 5.74) is 2.03. The first-order valence-corrected chi connectivity index (χ1v) is 9.34. The number of halogens is 2. The lowest BCUT2D eigenvalue weighted by Gasteiger charge is -2.40. The summed E-state index contributed by atoms with van der Waals surface area (Å²) in [5, 5.41) is 20.1. The quantitative estimate of drug-likeness (QED) is 0.452. The van der Waals surface area contributed by atoms with Crippen LogP contribution in [-0.2, 0) is 0 Å². The summed E-state index contributed by atoms with van der Waals surface area (Å²) in [6, 6.07) is 11.4. The molecule has 1 saturated heterocycles. The summed E-state index contributed by atoms with van der Waals surface area (Å²) < 4.78 is 28.6. The molecule has 0 saturated carbocycles. The van der Waals surface area contributed by atoms with Gasteiger partial charge in [0.2, 0.25) is 0 Å². The third-order valence-corrected chi connectivity index (χ3v) is 5.09. The zero-order valence-corrected chi connectivity index (χ0v) is 15.6. The Balaban J connectivity index is 1.59. The van der Waals surface area contributed by atoms with Gasteiger partial charge in [-0.2, -0.15) is 5.10 Å². The molecule has 1 aliphatic heterocycles. The average molecular weight is 401 g/mol. The van der Waals surface area contributed by atoms with Crippen LogP contribution in [0.2, 0.25) is 0 Å². The van der Waals surface area contributed by atoms with Crippen LogP contribution in [0, 0.1) is 0 Å². The second-order valence-corrected chi connectivity index (χ2v) is 6.98. The summed E-state index contributed by atoms with van der Waals surface area (Å²) >= 11 is 0. The molecule has 1 fully saturated rings. The highest BCUT2D eigenvalue weighted by atomic mass is 19.2. The maximum Gasteiger partial charge on any atom is 0.257 e. The minimum absolute atomic E-state index is 0.0304. The summed E-state index contributed by atoms with van der Waals surface area (Å²) in [7, 11) is 0. The van der Waals surface area contributed by atoms with Crippen molar-refractivity contribution in [2.45, 2.75) is 18.8 Å². The number of aliphatic hydroxyl groups excluding tert-OH is 1. The Kier molecular flexibility index (Phi) is 5.41. The SMILES string of the molecule is O=C(Nc1ccc2cn[nH]c2c1)c1ccccc1N1CC(CCO)N(F)CC1F. The molecule has 3 aromatic rings. The van der Waals surface area contributed by atoms with Gasteiger partial charge in [-0.1, -0.05) is 12.1 Å². The van der Waals surface area contributed by atoms with Crippen LogP contribution in [0.25, 0.3) is 10.9 Å². The molecule has 1 amide bonds. The number of nitrogens with zero attached hydrogens (tertiary/aromatic N) is 3. The number of aromatic amines is 1. The molecule has 1 aromatic heterocycles. The van der Waals surface area contributed by atoms with Gasteiger partial charge >= 0.3 is 0 Å². The number of nitrogens with one attached hydrogen (secondary N) is 2. The Bertz CT molecular complexity index is 1010. The summed E-state index contributed by atoms with van der Waals surface area (Å²) in [6.07, 6.45) is 0.258. The zero-order valence-electron chi connectivity index (χ0n) is 15.6. The van der Waals surface area contributed by atoms with E-state index in [1.54, 1.807) is 42.6 Å². The largest absolute Gasteiger partial charge is 0.396 e. The van der Waals surface area contributed by atoms with E-state index >= 15 is 0 Å². The fourth-order valence-electron chi connectivity index (χ4n) is 3.58. The second kappa shape index (κ2) is 8.14. The highest BCUT2D eigenvalue weighted by Crippen LogP contribution is 2.29. The standard InChI is InChI=1S/C20H21F2N5O2/c21-19-12-27(22)15(7-8-28)11-26(19)18-4-2-1-3-16(18)20(29)24-14-6-5-13-10-23-25-17(13)9-14/h1-6,9-10,15,19,28H,7-8,11-12H2,(H,23,25)(H,24,29). The first-order valence-electron chi connectivity index (χ1n) is 9.34. The normalized spacial score (nSPS) is 20.2. The van der Waals surface area contributed by atoms with Crippen molar-refractivity contribution in [2.24, 2.45) is 0 Å². The van der Waals surface area contributed by atoms with E-state index in [0.29, 0.717) is 16.5 Å². The molecular weight excluding hydrogens is 380 g/mol. The Morgan fingerprint density at radius 2 is 2.10 bits per heavy atom. The number of hydrogen-bond donors (Lipinski definition) is 3. The van der Waals surface area contributed by atoms with E-state index in [4.69, 9.17) is 5.11 Å². The van der Waals surface area contributed by atoms with Gasteiger partial charge in [-0.3, -0.25) is 9.89 Å². The number of aromatic nitrogens is 2. The summed E-state index contributed by atoms with van der Waals surface area (Å²) in [6.45, 7) is -0.617. The van der Waals surface area contributed by atoms with Crippen molar-refractivity contribution in [1.82, 2.24) is 15.3 Å². The van der Waals surface area contributed by atoms with Crippen LogP contribution in [0.15, 0.2) is 48.7 Å². The molecule has 1 aliphatic rings. The van der Waals surface area contributed by atoms with Crippen molar-refractivity contribution < 1.29 is 18.8 Å². The predicted molar refractivity (Wildman–Crippen MR) is 106 cm³/mol. The highest BCUT2D eigenvalue weighted by molar-refractivity contribution is 6.08. The highest BCUT2D eigenvalue weighted by Gasteiger charge is 2.35. The van der Waals surface area contributed by atoms with Crippen molar-refractivity contribution in [2.75, 3.05) is 29.9 Å². The molecule has 0 aliphatic carbocycles. The molecule has 0 radical (unpaired) electrons. The smallest absolute Gasteiger partial charge is 0.257 e. The summed E-state index contributed by atoms with van der Waals surface area (Å²) in [4.78, 5) is 14.3. The fourth-order valence-corrected chi connectivity index (χ4v) is 3.58. The lowest BCUT2D eigenvalue weighted by molar-refractivity contribution is -0.0657. The molecule has 2 aromatic carbocycles. The number of fused-ring (bicyclic) bond motifs is 1. The number of aliphatic hydroxyl groups is 1. The first kappa shape index (κ1) is 19.3. The number of para-hydroxylation sites is 1. The molecule has 4 rings (SSSR count). The molecule has 29 heavy (non-hydrogen) atoms. The van der Waals surface area contributed by atoms with Gasteiger partial charge in [0.15, 0.2) is 6.30 Å². The lowest BCUT2D eigenvalue weighted by atomic mass is 10.1. The second-order valence-electron chi connectivity index (χ2n) is 6.98. The van der Waals surface area contributed by atoms with Gasteiger partial charge in [0.25, 0.3) is 5.91 Å². The van der Waals surface area contributed by atoms with Gasteiger partial charge in [-0.05, 0) is 36.8 Å². The van der Waals surface area contributed by atoms with Crippen molar-refractivity contribution >= 4 is 28.2 Å². The number of benzene rings is 2. The molecule has 0 spiro atoms. The predicted octanol–water partition coefficient (Wildman–Crippen LogP) is 2.87. The number of carbonyl (C=O) groups is 1. The molecule has 0 bridgehead atoms. The van der Waals surface area contributed by atoms with Crippen molar-refractivity contribution in [3.63, 3.8) is 0 Å². The molecular formula is C20H21F2N5O2. The number of piperazine rings is 1. The van der Waals surface area contributed by atoms with Gasteiger partial charge in [0.05, 0.1) is 35.6 Å². The van der Waals surface area contributed by atoms with Crippen molar-refractivity contribution in [3.8, 4) is 0 Å². The maximum absolute atomic E-state index is 14.6. The van der Waals surface area contributed by atoms with Crippen LogP contribution in [0.5, 0.6) is 0 Å². The van der Waals surface area contributed by atoms with E-state index in [0.717, 1.165) is 10.9 Å². The van der Waals surface area contributed by atoms with Crippen LogP contribution in [0.1, 0.15) is 16.8 Å². The minimum atomic E-state index is -1.61. The number of H-pyrrole nitrogens is 1. The van der Waals surface area contributed by atoms with Gasteiger partial charge in [-0.15, -0.1) is 9.60 Å². The number of rotatable bonds is 5. The van der Waals surface area contributed by atoms with E-state index in [-0.39, 0.29) is 25.1 Å². The average Bonchev–Trinajstić information content (AvgIpc) is 3.18. The molecule has 152 valence electrons. The van der Waals surface area contributed by atoms with Gasteiger partial charge in [0, 0.05) is 24.2 Å². The third kappa shape index (κ3) is 3.92. The molecule has 3 N–H and O–H groups in total. The molecule has 9 heteroatoms. The van der Waals surface area contributed by atoms with E-state index in [1.807, 2.05) is 6.07 Å². The van der Waals surface area contributed by atoms with E-state index < -0.39 is 24.8 Å². The van der Waals surface area contributed by atoms with E-state index in [2.05, 4.69) is 15.5 Å². The first-order chi connectivity index (χ1) is 14.1. The monoisotopic (exact) mass is 401 g/mol. The zero-order chi connectivity index (χ0) is 20.4. The number of alkyl halides is 1. The topological polar surface area (TPSA) is 84.5 Å². The Labute approximate surface area is 165 Å². The van der Waals surface area contributed by atoms with Crippen molar-refractivity contribution in [1.29, 1.82) is 0 Å². The fraction of sp³-hybridized carbons (Fsp3) is 0.300. The van der Waals surface area contributed by atoms with Gasteiger partial charge < -0.3 is 15.3 Å². The van der Waals surface area contributed by atoms with Crippen LogP contribution < -0.4 is 10.2 Å². The van der Waals surface area contributed by atoms with E-state index in [1.165, 1.54) is 4.90 Å². The van der Waals surface area contributed by atoms with Gasteiger partial charge in [-0.25, -0.2) is 4.39 Å². The van der Waals surface area contributed by atoms with Crippen LogP contribution in [-0.4, -0.2) is 58.4 Å². The summed E-state index contributed by atoms with van der Waals surface area (Å²) in [5.74, 6) is -0.395. The molecule has 7 nitrogen and oxygen atoms in total. The number of hydrogen-bond acceptors (Lipinski definition) is 5. The molecule has 2 unspecified atom stereocenters. The Hall–Kier alpha value is -3.04. The number of anilines is 2. The number of carbonyl (C=O) groups excluding carboxylic acids is 1. The van der Waals surface area contributed by atoms with Crippen molar-refractivity contribution in [3.05, 3.63) is 54.2 Å². The molecule has 2 heterocycles. The number of amides is 1. The van der Waals surface area contributed by atoms with Crippen LogP contribution >= 0.6 is 0 Å². The molecule has 2 atom stereocenters. The minimum Gasteiger partial charge on any atom is -0.396 e.